The molecule has 0 aliphatic heterocycles. The van der Waals surface area contributed by atoms with Crippen molar-refractivity contribution < 1.29 is 4.74 Å². The zero-order valence-electron chi connectivity index (χ0n) is 10.2. The Kier molecular flexibility index (Phi) is 2.26. The third-order valence-electron chi connectivity index (χ3n) is 2.95. The van der Waals surface area contributed by atoms with Crippen LogP contribution in [0.4, 0.5) is 5.69 Å². The molecule has 92 valence electrons. The molecule has 2 aromatic heterocycles. The van der Waals surface area contributed by atoms with Crippen molar-refractivity contribution in [3.05, 3.63) is 30.0 Å². The Morgan fingerprint density at radius 3 is 2.72 bits per heavy atom. The molecule has 4 N–H and O–H groups in total. The maximum absolute atomic E-state index is 5.88. The van der Waals surface area contributed by atoms with Crippen molar-refractivity contribution in [1.29, 1.82) is 0 Å². The summed E-state index contributed by atoms with van der Waals surface area (Å²) >= 11 is 0. The Hall–Kier alpha value is -2.43. The van der Waals surface area contributed by atoms with E-state index in [1.807, 2.05) is 31.2 Å². The summed E-state index contributed by atoms with van der Waals surface area (Å²) in [6.45, 7) is 1.97. The Balaban J connectivity index is 2.16. The summed E-state index contributed by atoms with van der Waals surface area (Å²) in [4.78, 5) is 3.30. The van der Waals surface area contributed by atoms with Gasteiger partial charge in [0.25, 0.3) is 0 Å². The number of hydrogen-bond donors (Lipinski definition) is 3. The predicted octanol–water partition coefficient (Wildman–Crippen LogP) is 2.46. The van der Waals surface area contributed by atoms with Gasteiger partial charge in [-0.2, -0.15) is 5.10 Å². The third-order valence-corrected chi connectivity index (χ3v) is 2.95. The summed E-state index contributed by atoms with van der Waals surface area (Å²) in [6, 6.07) is 7.82. The van der Waals surface area contributed by atoms with Crippen LogP contribution in [-0.2, 0) is 0 Å². The van der Waals surface area contributed by atoms with Crippen LogP contribution >= 0.6 is 0 Å². The molecular weight excluding hydrogens is 228 g/mol. The second-order valence-electron chi connectivity index (χ2n) is 4.30. The zero-order chi connectivity index (χ0) is 12.7. The first-order chi connectivity index (χ1) is 8.67. The van der Waals surface area contributed by atoms with Gasteiger partial charge in [-0.15, -0.1) is 0 Å². The minimum absolute atomic E-state index is 0.622. The summed E-state index contributed by atoms with van der Waals surface area (Å²) in [5.41, 5.74) is 10.4. The van der Waals surface area contributed by atoms with Crippen LogP contribution in [0.15, 0.2) is 24.3 Å². The highest BCUT2D eigenvalue weighted by atomic mass is 16.5. The van der Waals surface area contributed by atoms with E-state index in [0.717, 1.165) is 28.0 Å². The number of aryl methyl sites for hydroxylation is 1. The van der Waals surface area contributed by atoms with Gasteiger partial charge in [0.2, 0.25) is 0 Å². The lowest BCUT2D eigenvalue weighted by Crippen LogP contribution is -1.91. The molecule has 1 aromatic carbocycles. The van der Waals surface area contributed by atoms with Crippen LogP contribution < -0.4 is 10.5 Å². The number of fused-ring (bicyclic) bond motifs is 1. The monoisotopic (exact) mass is 242 g/mol. The SMILES string of the molecule is COc1cc2cc(-c3cc(C)[nH]n3)[nH]c2cc1N. The number of methoxy groups -OCH3 is 1. The molecule has 3 rings (SSSR count). The fourth-order valence-electron chi connectivity index (χ4n) is 2.05. The maximum atomic E-state index is 5.88. The number of rotatable bonds is 2. The second kappa shape index (κ2) is 3.80. The van der Waals surface area contributed by atoms with Crippen molar-refractivity contribution in [2.45, 2.75) is 6.92 Å². The highest BCUT2D eigenvalue weighted by Gasteiger charge is 2.09. The van der Waals surface area contributed by atoms with E-state index >= 15 is 0 Å². The van der Waals surface area contributed by atoms with E-state index < -0.39 is 0 Å². The van der Waals surface area contributed by atoms with Gasteiger partial charge >= 0.3 is 0 Å². The number of nitrogens with zero attached hydrogens (tertiary/aromatic N) is 1. The molecule has 18 heavy (non-hydrogen) atoms. The van der Waals surface area contributed by atoms with Gasteiger partial charge in [-0.25, -0.2) is 0 Å². The fourth-order valence-corrected chi connectivity index (χ4v) is 2.05. The van der Waals surface area contributed by atoms with E-state index in [0.29, 0.717) is 11.4 Å². The summed E-state index contributed by atoms with van der Waals surface area (Å²) < 4.78 is 5.21. The second-order valence-corrected chi connectivity index (χ2v) is 4.30. The van der Waals surface area contributed by atoms with Crippen LogP contribution in [0.3, 0.4) is 0 Å². The Labute approximate surface area is 104 Å². The molecule has 0 radical (unpaired) electrons. The number of aromatic amines is 2. The quantitative estimate of drug-likeness (QED) is 0.604. The van der Waals surface area contributed by atoms with Crippen LogP contribution in [0, 0.1) is 6.92 Å². The summed E-state index contributed by atoms with van der Waals surface area (Å²) in [6.07, 6.45) is 0. The summed E-state index contributed by atoms with van der Waals surface area (Å²) in [5, 5.41) is 8.21. The average Bonchev–Trinajstić information content (AvgIpc) is 2.93. The van der Waals surface area contributed by atoms with Crippen molar-refractivity contribution in [1.82, 2.24) is 15.2 Å². The Morgan fingerprint density at radius 2 is 2.06 bits per heavy atom. The number of H-pyrrole nitrogens is 2. The van der Waals surface area contributed by atoms with Gasteiger partial charge in [0.05, 0.1) is 18.5 Å². The lowest BCUT2D eigenvalue weighted by molar-refractivity contribution is 0.417. The molecule has 0 saturated heterocycles. The van der Waals surface area contributed by atoms with Gasteiger partial charge in [0, 0.05) is 16.6 Å². The number of nitrogens with two attached hydrogens (primary N) is 1. The predicted molar refractivity (Wildman–Crippen MR) is 71.6 cm³/mol. The molecule has 3 aromatic rings. The fraction of sp³-hybridized carbons (Fsp3) is 0.154. The number of anilines is 1. The van der Waals surface area contributed by atoms with Crippen LogP contribution in [0.5, 0.6) is 5.75 Å². The minimum atomic E-state index is 0.622. The van der Waals surface area contributed by atoms with E-state index in [-0.39, 0.29) is 0 Å². The molecule has 0 aliphatic rings. The van der Waals surface area contributed by atoms with Gasteiger partial charge in [-0.3, -0.25) is 5.10 Å². The first-order valence-electron chi connectivity index (χ1n) is 5.66. The van der Waals surface area contributed by atoms with Gasteiger partial charge in [0.1, 0.15) is 11.4 Å². The molecule has 5 nitrogen and oxygen atoms in total. The number of benzene rings is 1. The summed E-state index contributed by atoms with van der Waals surface area (Å²) in [7, 11) is 1.61. The molecule has 2 heterocycles. The van der Waals surface area contributed by atoms with Crippen molar-refractivity contribution in [2.75, 3.05) is 12.8 Å². The van der Waals surface area contributed by atoms with Gasteiger partial charge in [-0.05, 0) is 31.2 Å². The smallest absolute Gasteiger partial charge is 0.142 e. The molecule has 0 spiro atoms. The number of aromatic nitrogens is 3. The highest BCUT2D eigenvalue weighted by Crippen LogP contribution is 2.30. The molecule has 0 saturated carbocycles. The molecule has 0 atom stereocenters. The Bertz CT molecular complexity index is 711. The zero-order valence-corrected chi connectivity index (χ0v) is 10.2. The molecule has 0 amide bonds. The standard InChI is InChI=1S/C13H14N4O/c1-7-3-12(17-16-7)11-4-8-5-13(18-2)9(14)6-10(8)15-11/h3-6,15H,14H2,1-2H3,(H,16,17). The molecule has 0 fully saturated rings. The number of ether oxygens (including phenoxy) is 1. The van der Waals surface area contributed by atoms with E-state index in [4.69, 9.17) is 10.5 Å². The van der Waals surface area contributed by atoms with Crippen LogP contribution in [0.1, 0.15) is 5.69 Å². The highest BCUT2D eigenvalue weighted by molar-refractivity contribution is 5.89. The number of nitrogen functional groups attached to an aromatic ring is 1. The van der Waals surface area contributed by atoms with Crippen molar-refractivity contribution in [2.24, 2.45) is 0 Å². The van der Waals surface area contributed by atoms with Gasteiger partial charge in [-0.1, -0.05) is 0 Å². The lowest BCUT2D eigenvalue weighted by atomic mass is 10.2. The normalized spacial score (nSPS) is 11.0. The number of hydrogen-bond acceptors (Lipinski definition) is 3. The average molecular weight is 242 g/mol. The van der Waals surface area contributed by atoms with Gasteiger partial charge < -0.3 is 15.5 Å². The topological polar surface area (TPSA) is 79.7 Å². The molecule has 0 unspecified atom stereocenters. The first-order valence-corrected chi connectivity index (χ1v) is 5.66. The van der Waals surface area contributed by atoms with E-state index in [9.17, 15) is 0 Å². The van der Waals surface area contributed by atoms with Crippen LogP contribution in [0.2, 0.25) is 0 Å². The lowest BCUT2D eigenvalue weighted by Gasteiger charge is -2.03. The maximum Gasteiger partial charge on any atom is 0.142 e. The molecule has 5 heteroatoms. The molecule has 0 bridgehead atoms. The van der Waals surface area contributed by atoms with Gasteiger partial charge in [0.15, 0.2) is 0 Å². The van der Waals surface area contributed by atoms with Crippen molar-refractivity contribution in [3.8, 4) is 17.1 Å². The van der Waals surface area contributed by atoms with Crippen molar-refractivity contribution in [3.63, 3.8) is 0 Å². The molecular formula is C13H14N4O. The minimum Gasteiger partial charge on any atom is -0.495 e. The van der Waals surface area contributed by atoms with E-state index in [1.54, 1.807) is 7.11 Å². The van der Waals surface area contributed by atoms with Crippen LogP contribution in [-0.4, -0.2) is 22.3 Å². The first kappa shape index (κ1) is 10.7. The Morgan fingerprint density at radius 1 is 1.22 bits per heavy atom. The van der Waals surface area contributed by atoms with Crippen LogP contribution in [0.25, 0.3) is 22.3 Å². The third kappa shape index (κ3) is 1.60. The number of nitrogens with one attached hydrogen (secondary N) is 2. The largest absolute Gasteiger partial charge is 0.495 e. The summed E-state index contributed by atoms with van der Waals surface area (Å²) in [5.74, 6) is 0.686. The van der Waals surface area contributed by atoms with Crippen molar-refractivity contribution >= 4 is 16.6 Å². The van der Waals surface area contributed by atoms with E-state index in [2.05, 4.69) is 15.2 Å². The van der Waals surface area contributed by atoms with E-state index in [1.165, 1.54) is 0 Å². The molecule has 0 aliphatic carbocycles.